The molecule has 0 saturated carbocycles. The molecule has 0 aliphatic carbocycles. The second-order valence-corrected chi connectivity index (χ2v) is 23.4. The molecule has 6 aromatic rings. The highest BCUT2D eigenvalue weighted by Crippen LogP contribution is 2.47. The van der Waals surface area contributed by atoms with Crippen LogP contribution in [0.15, 0.2) is 107 Å². The highest BCUT2D eigenvalue weighted by Gasteiger charge is 2.42. The van der Waals surface area contributed by atoms with Crippen LogP contribution in [-0.4, -0.2) is 118 Å². The minimum absolute atomic E-state index is 0.00523. The number of primary amides is 1. The number of nitrogens with zero attached hydrogens (tertiary/aromatic N) is 6. The Morgan fingerprint density at radius 1 is 0.816 bits per heavy atom. The second-order valence-electron chi connectivity index (χ2n) is 21.0. The molecule has 4 aliphatic heterocycles. The summed E-state index contributed by atoms with van der Waals surface area (Å²) < 4.78 is 78.0. The van der Waals surface area contributed by atoms with Crippen LogP contribution < -0.4 is 25.8 Å². The Bertz CT molecular complexity index is 3230. The van der Waals surface area contributed by atoms with Gasteiger partial charge in [0.05, 0.1) is 46.4 Å². The van der Waals surface area contributed by atoms with Crippen molar-refractivity contribution in [3.05, 3.63) is 142 Å². The Hall–Kier alpha value is -6.40. The first-order valence-corrected chi connectivity index (χ1v) is 28.2. The first-order chi connectivity index (χ1) is 36.5. The summed E-state index contributed by atoms with van der Waals surface area (Å²) >= 11 is 6.44. The quantitative estimate of drug-likeness (QED) is 0.0907. The molecular weight excluding hydrogens is 1010 g/mol. The number of sulfone groups is 1. The van der Waals surface area contributed by atoms with Crippen molar-refractivity contribution in [3.8, 4) is 22.4 Å². The summed E-state index contributed by atoms with van der Waals surface area (Å²) in [5.41, 5.74) is 7.56. The summed E-state index contributed by atoms with van der Waals surface area (Å²) in [5.74, 6) is -2.57. The number of piperidine rings is 2. The number of carbonyl (C=O) groups is 2. The fourth-order valence-electron chi connectivity index (χ4n) is 11.9. The summed E-state index contributed by atoms with van der Waals surface area (Å²) in [5, 5.41) is 2.74. The van der Waals surface area contributed by atoms with E-state index in [1.54, 1.807) is 54.7 Å². The zero-order valence-corrected chi connectivity index (χ0v) is 44.7. The van der Waals surface area contributed by atoms with Gasteiger partial charge in [0.25, 0.3) is 5.91 Å². The standard InChI is InChI=1S/C58H65ClF3N9O4S/c1-36-12-14-43(15-13-36)76(74,75)58-54(53-37(2)45(61)16-17-46(53)62)55(57(73)65-47(33-51(63)72)39-7-4-8-40(59)31-39)56(66-58)44-35-64-52(71-26-21-49-48(71)11-6-22-70(49)42-10-5-9-41(60)32-42)34-50(44)69-24-19-38(20-25-69)18-23-68-29-27-67(3)28-30-68/h4-5,7-10,12-17,31-32,34-35,38,47-49,66H,6,11,18-30,33H2,1-3H3,(H2,63,72)(H,65,73)/t47-,48+,49+/m0/s1. The number of amides is 2. The third kappa shape index (κ3) is 10.9. The van der Waals surface area contributed by atoms with Crippen molar-refractivity contribution >= 4 is 50.4 Å². The fraction of sp³-hybridized carbons (Fsp3) is 0.397. The Morgan fingerprint density at radius 3 is 2.26 bits per heavy atom. The van der Waals surface area contributed by atoms with E-state index in [4.69, 9.17) is 22.3 Å². The molecule has 4 aliphatic rings. The Morgan fingerprint density at radius 2 is 1.54 bits per heavy atom. The van der Waals surface area contributed by atoms with E-state index in [1.807, 2.05) is 19.1 Å². The van der Waals surface area contributed by atoms with Crippen LogP contribution in [0.4, 0.5) is 30.4 Å². The normalized spacial score (nSPS) is 19.2. The van der Waals surface area contributed by atoms with Gasteiger partial charge in [0, 0.05) is 92.0 Å². The zero-order valence-electron chi connectivity index (χ0n) is 43.2. The van der Waals surface area contributed by atoms with E-state index in [1.165, 1.54) is 25.1 Å². The van der Waals surface area contributed by atoms with E-state index in [-0.39, 0.29) is 51.6 Å². The molecule has 400 valence electrons. The molecule has 4 saturated heterocycles. The molecule has 13 nitrogen and oxygen atoms in total. The lowest BCUT2D eigenvalue weighted by Gasteiger charge is -2.42. The molecule has 6 heterocycles. The van der Waals surface area contributed by atoms with Gasteiger partial charge in [-0.15, -0.1) is 0 Å². The number of aromatic nitrogens is 2. The van der Waals surface area contributed by atoms with Gasteiger partial charge >= 0.3 is 0 Å². The lowest BCUT2D eigenvalue weighted by Crippen LogP contribution is -2.50. The summed E-state index contributed by atoms with van der Waals surface area (Å²) in [6.07, 6.45) is 6.64. The SMILES string of the molecule is Cc1ccc(S(=O)(=O)c2[nH]c(-c3cnc(N4CC[C@@H]5[C@H]4CCCN5c4cccc(F)c4)cc3N3CCC(CCN4CCN(C)CC4)CC3)c(C(=O)N[C@@H](CC(N)=O)c3cccc(Cl)c3)c2-c2c(F)ccc(F)c2C)cc1. The number of rotatable bonds is 15. The summed E-state index contributed by atoms with van der Waals surface area (Å²) in [7, 11) is -2.50. The number of aryl methyl sites for hydroxylation is 1. The van der Waals surface area contributed by atoms with Crippen LogP contribution in [0, 0.1) is 37.2 Å². The van der Waals surface area contributed by atoms with Gasteiger partial charge in [-0.25, -0.2) is 26.6 Å². The first kappa shape index (κ1) is 53.0. The van der Waals surface area contributed by atoms with Crippen molar-refractivity contribution in [2.24, 2.45) is 11.7 Å². The van der Waals surface area contributed by atoms with Gasteiger partial charge in [-0.05, 0) is 138 Å². The monoisotopic (exact) mass is 1080 g/mol. The molecule has 18 heteroatoms. The van der Waals surface area contributed by atoms with Crippen molar-refractivity contribution in [3.63, 3.8) is 0 Å². The predicted octanol–water partition coefficient (Wildman–Crippen LogP) is 9.71. The smallest absolute Gasteiger partial charge is 0.254 e. The topological polar surface area (TPSA) is 151 Å². The van der Waals surface area contributed by atoms with Crippen LogP contribution in [-0.2, 0) is 14.6 Å². The molecule has 2 amide bonds. The minimum atomic E-state index is -4.65. The van der Waals surface area contributed by atoms with Crippen LogP contribution in [0.2, 0.25) is 5.02 Å². The maximum Gasteiger partial charge on any atom is 0.254 e. The number of likely N-dealkylation sites (N-methyl/N-ethyl adjacent to an activating group) is 1. The average molecular weight is 1080 g/mol. The van der Waals surface area contributed by atoms with Gasteiger partial charge in [-0.1, -0.05) is 47.5 Å². The Labute approximate surface area is 448 Å². The number of nitrogens with one attached hydrogen (secondary N) is 2. The van der Waals surface area contributed by atoms with Crippen LogP contribution in [0.1, 0.15) is 78.0 Å². The highest BCUT2D eigenvalue weighted by molar-refractivity contribution is 7.91. The predicted molar refractivity (Wildman–Crippen MR) is 292 cm³/mol. The number of carbonyl (C=O) groups excluding carboxylic acids is 2. The zero-order chi connectivity index (χ0) is 53.4. The molecule has 3 atom stereocenters. The number of hydrogen-bond donors (Lipinski definition) is 3. The summed E-state index contributed by atoms with van der Waals surface area (Å²) in [6.45, 7) is 11.1. The van der Waals surface area contributed by atoms with Crippen molar-refractivity contribution in [1.82, 2.24) is 25.1 Å². The molecule has 10 rings (SSSR count). The number of aromatic amines is 1. The molecular formula is C58H65ClF3N9O4S. The number of anilines is 3. The Balaban J connectivity index is 1.14. The van der Waals surface area contributed by atoms with Crippen LogP contribution in [0.5, 0.6) is 0 Å². The Kier molecular flexibility index (Phi) is 15.5. The van der Waals surface area contributed by atoms with Crippen LogP contribution in [0.3, 0.4) is 0 Å². The number of fused-ring (bicyclic) bond motifs is 1. The largest absolute Gasteiger partial charge is 0.371 e. The maximum absolute atomic E-state index is 16.8. The number of nitrogens with two attached hydrogens (primary N) is 1. The van der Waals surface area contributed by atoms with Gasteiger partial charge in [0.15, 0.2) is 0 Å². The van der Waals surface area contributed by atoms with Crippen molar-refractivity contribution in [2.45, 2.75) is 86.8 Å². The van der Waals surface area contributed by atoms with Crippen LogP contribution >= 0.6 is 11.6 Å². The van der Waals surface area contributed by atoms with E-state index in [0.717, 1.165) is 101 Å². The molecule has 4 N–H and O–H groups in total. The van der Waals surface area contributed by atoms with Crippen molar-refractivity contribution in [2.75, 3.05) is 80.7 Å². The van der Waals surface area contributed by atoms with E-state index >= 15 is 22.0 Å². The van der Waals surface area contributed by atoms with Crippen molar-refractivity contribution in [1.29, 1.82) is 0 Å². The number of hydrogen-bond acceptors (Lipinski definition) is 10. The number of benzene rings is 4. The second kappa shape index (κ2) is 22.3. The van der Waals surface area contributed by atoms with E-state index in [0.29, 0.717) is 53.2 Å². The molecule has 0 unspecified atom stereocenters. The third-order valence-electron chi connectivity index (χ3n) is 16.1. The van der Waals surface area contributed by atoms with E-state index in [2.05, 4.69) is 41.8 Å². The molecule has 0 radical (unpaired) electrons. The van der Waals surface area contributed by atoms with Crippen molar-refractivity contribution < 1.29 is 31.2 Å². The summed E-state index contributed by atoms with van der Waals surface area (Å²) in [4.78, 5) is 48.3. The van der Waals surface area contributed by atoms with Gasteiger partial charge in [0.1, 0.15) is 28.3 Å². The number of H-pyrrole nitrogens is 1. The maximum atomic E-state index is 16.8. The molecule has 2 aromatic heterocycles. The van der Waals surface area contributed by atoms with E-state index < -0.39 is 49.9 Å². The van der Waals surface area contributed by atoms with Gasteiger partial charge in [-0.3, -0.25) is 9.59 Å². The molecule has 4 fully saturated rings. The third-order valence-corrected chi connectivity index (χ3v) is 18.1. The first-order valence-electron chi connectivity index (χ1n) is 26.4. The molecule has 76 heavy (non-hydrogen) atoms. The lowest BCUT2D eigenvalue weighted by molar-refractivity contribution is -0.118. The lowest BCUT2D eigenvalue weighted by atomic mass is 9.91. The molecule has 4 aromatic carbocycles. The van der Waals surface area contributed by atoms with Gasteiger partial charge in [-0.2, -0.15) is 0 Å². The summed E-state index contributed by atoms with van der Waals surface area (Å²) in [6, 6.07) is 22.3. The van der Waals surface area contributed by atoms with Gasteiger partial charge < -0.3 is 40.5 Å². The number of piperazine rings is 1. The number of pyridine rings is 1. The average Bonchev–Trinajstić information content (AvgIpc) is 4.07. The highest BCUT2D eigenvalue weighted by atomic mass is 35.5. The van der Waals surface area contributed by atoms with Gasteiger partial charge in [0.2, 0.25) is 15.7 Å². The fourth-order valence-corrected chi connectivity index (χ4v) is 13.6. The molecule has 0 bridgehead atoms. The minimum Gasteiger partial charge on any atom is -0.371 e. The van der Waals surface area contributed by atoms with Crippen LogP contribution in [0.25, 0.3) is 22.4 Å². The van der Waals surface area contributed by atoms with E-state index in [9.17, 15) is 9.18 Å². The molecule has 0 spiro atoms. The number of halogens is 4.